The van der Waals surface area contributed by atoms with E-state index in [0.29, 0.717) is 17.6 Å². The highest BCUT2D eigenvalue weighted by atomic mass is 19.1. The summed E-state index contributed by atoms with van der Waals surface area (Å²) in [6, 6.07) is 6.95. The van der Waals surface area contributed by atoms with Crippen molar-refractivity contribution in [3.8, 4) is 0 Å². The number of aliphatic hydroxyl groups is 1. The lowest BCUT2D eigenvalue weighted by atomic mass is 10.1. The molecule has 4 heteroatoms. The van der Waals surface area contributed by atoms with Crippen molar-refractivity contribution in [2.24, 2.45) is 5.92 Å². The lowest BCUT2D eigenvalue weighted by molar-refractivity contribution is 0.147. The van der Waals surface area contributed by atoms with Gasteiger partial charge in [0.15, 0.2) is 0 Å². The maximum atomic E-state index is 13.5. The van der Waals surface area contributed by atoms with Crippen LogP contribution in [-0.4, -0.2) is 5.11 Å². The molecule has 1 saturated carbocycles. The first-order valence-electron chi connectivity index (χ1n) is 6.76. The van der Waals surface area contributed by atoms with Crippen LogP contribution in [0.25, 0.3) is 0 Å². The fourth-order valence-electron chi connectivity index (χ4n) is 2.46. The third-order valence-corrected chi connectivity index (χ3v) is 3.88. The number of halogens is 2. The summed E-state index contributed by atoms with van der Waals surface area (Å²) in [5.41, 5.74) is 0.275. The van der Waals surface area contributed by atoms with Crippen LogP contribution >= 0.6 is 0 Å². The van der Waals surface area contributed by atoms with E-state index in [0.717, 1.165) is 18.2 Å². The summed E-state index contributed by atoms with van der Waals surface area (Å²) in [6.07, 6.45) is 0.257. The maximum Gasteiger partial charge on any atom is 0.133 e. The van der Waals surface area contributed by atoms with Gasteiger partial charge in [0.05, 0.1) is 0 Å². The van der Waals surface area contributed by atoms with E-state index in [9.17, 15) is 13.9 Å². The molecule has 2 aromatic rings. The Bertz CT molecular complexity index is 621. The first-order chi connectivity index (χ1) is 9.54. The first kappa shape index (κ1) is 13.3. The van der Waals surface area contributed by atoms with E-state index < -0.39 is 17.7 Å². The zero-order valence-corrected chi connectivity index (χ0v) is 11.1. The Balaban J connectivity index is 1.72. The summed E-state index contributed by atoms with van der Waals surface area (Å²) in [4.78, 5) is 0. The second-order valence-corrected chi connectivity index (χ2v) is 5.52. The molecule has 0 aliphatic heterocycles. The fraction of sp³-hybridized carbons (Fsp3) is 0.375. The van der Waals surface area contributed by atoms with Crippen LogP contribution in [0.2, 0.25) is 0 Å². The summed E-state index contributed by atoms with van der Waals surface area (Å²) >= 11 is 0. The molecule has 0 saturated heterocycles. The number of benzene rings is 1. The zero-order valence-electron chi connectivity index (χ0n) is 11.1. The van der Waals surface area contributed by atoms with Gasteiger partial charge in [0.25, 0.3) is 0 Å². The van der Waals surface area contributed by atoms with Crippen LogP contribution in [0.5, 0.6) is 0 Å². The zero-order chi connectivity index (χ0) is 14.3. The van der Waals surface area contributed by atoms with Gasteiger partial charge in [0.2, 0.25) is 0 Å². The highest BCUT2D eigenvalue weighted by molar-refractivity contribution is 5.23. The highest BCUT2D eigenvalue weighted by Gasteiger charge is 2.36. The van der Waals surface area contributed by atoms with Crippen LogP contribution in [0.15, 0.2) is 34.7 Å². The Labute approximate surface area is 116 Å². The number of hydrogen-bond donors (Lipinski definition) is 1. The van der Waals surface area contributed by atoms with Gasteiger partial charge in [-0.3, -0.25) is 0 Å². The van der Waals surface area contributed by atoms with E-state index in [1.807, 2.05) is 6.07 Å². The van der Waals surface area contributed by atoms with Gasteiger partial charge in [-0.25, -0.2) is 8.78 Å². The van der Waals surface area contributed by atoms with E-state index in [1.165, 1.54) is 12.1 Å². The molecule has 1 aromatic carbocycles. The van der Waals surface area contributed by atoms with E-state index in [-0.39, 0.29) is 12.0 Å². The molecule has 106 valence electrons. The van der Waals surface area contributed by atoms with E-state index in [4.69, 9.17) is 4.42 Å². The minimum Gasteiger partial charge on any atom is -0.463 e. The second kappa shape index (κ2) is 5.02. The largest absolute Gasteiger partial charge is 0.463 e. The molecule has 1 aliphatic rings. The molecule has 1 heterocycles. The Morgan fingerprint density at radius 3 is 2.70 bits per heavy atom. The van der Waals surface area contributed by atoms with Crippen molar-refractivity contribution in [1.29, 1.82) is 0 Å². The molecule has 0 bridgehead atoms. The van der Waals surface area contributed by atoms with Crippen LogP contribution < -0.4 is 0 Å². The van der Waals surface area contributed by atoms with Gasteiger partial charge in [0.1, 0.15) is 29.3 Å². The Morgan fingerprint density at radius 2 is 2.05 bits per heavy atom. The SMILES string of the molecule is CC1CC1c1ccc(C(O)Cc2ccc(F)cc2F)o1. The first-order valence-corrected chi connectivity index (χ1v) is 6.76. The Morgan fingerprint density at radius 1 is 1.30 bits per heavy atom. The van der Waals surface area contributed by atoms with Crippen LogP contribution in [-0.2, 0) is 6.42 Å². The van der Waals surface area contributed by atoms with Crippen molar-refractivity contribution >= 4 is 0 Å². The maximum absolute atomic E-state index is 13.5. The Kier molecular flexibility index (Phi) is 3.34. The predicted octanol–water partition coefficient (Wildman–Crippen LogP) is 3.96. The normalized spacial score (nSPS) is 22.8. The molecular weight excluding hydrogens is 262 g/mol. The minimum absolute atomic E-state index is 0.0687. The average Bonchev–Trinajstić information content (AvgIpc) is 2.94. The molecule has 1 aromatic heterocycles. The smallest absolute Gasteiger partial charge is 0.133 e. The van der Waals surface area contributed by atoms with Gasteiger partial charge in [-0.2, -0.15) is 0 Å². The van der Waals surface area contributed by atoms with Crippen LogP contribution in [0.1, 0.15) is 42.5 Å². The van der Waals surface area contributed by atoms with E-state index >= 15 is 0 Å². The molecule has 3 atom stereocenters. The topological polar surface area (TPSA) is 33.4 Å². The fourth-order valence-corrected chi connectivity index (χ4v) is 2.46. The summed E-state index contributed by atoms with van der Waals surface area (Å²) in [5, 5.41) is 10.1. The van der Waals surface area contributed by atoms with E-state index in [2.05, 4.69) is 6.92 Å². The molecule has 20 heavy (non-hydrogen) atoms. The molecule has 1 fully saturated rings. The van der Waals surface area contributed by atoms with Crippen LogP contribution in [0.3, 0.4) is 0 Å². The van der Waals surface area contributed by atoms with Crippen molar-refractivity contribution in [2.75, 3.05) is 0 Å². The van der Waals surface area contributed by atoms with Crippen molar-refractivity contribution < 1.29 is 18.3 Å². The molecule has 3 unspecified atom stereocenters. The van der Waals surface area contributed by atoms with Gasteiger partial charge >= 0.3 is 0 Å². The Hall–Kier alpha value is -1.68. The second-order valence-electron chi connectivity index (χ2n) is 5.52. The van der Waals surface area contributed by atoms with Crippen molar-refractivity contribution in [3.63, 3.8) is 0 Å². The van der Waals surface area contributed by atoms with Crippen LogP contribution in [0, 0.1) is 17.6 Å². The summed E-state index contributed by atoms with van der Waals surface area (Å²) in [6.45, 7) is 2.15. The van der Waals surface area contributed by atoms with E-state index in [1.54, 1.807) is 6.07 Å². The molecule has 2 nitrogen and oxygen atoms in total. The monoisotopic (exact) mass is 278 g/mol. The third kappa shape index (κ3) is 2.61. The summed E-state index contributed by atoms with van der Waals surface area (Å²) < 4.78 is 32.0. The number of furan rings is 1. The number of rotatable bonds is 4. The van der Waals surface area contributed by atoms with Crippen molar-refractivity contribution in [2.45, 2.75) is 31.8 Å². The number of hydrogen-bond acceptors (Lipinski definition) is 2. The molecule has 0 amide bonds. The molecular formula is C16H16F2O2. The summed E-state index contributed by atoms with van der Waals surface area (Å²) in [5.74, 6) is 1.11. The molecule has 0 radical (unpaired) electrons. The lowest BCUT2D eigenvalue weighted by Gasteiger charge is -2.09. The quantitative estimate of drug-likeness (QED) is 0.918. The predicted molar refractivity (Wildman–Crippen MR) is 70.3 cm³/mol. The van der Waals surface area contributed by atoms with Gasteiger partial charge < -0.3 is 9.52 Å². The number of aliphatic hydroxyl groups excluding tert-OH is 1. The molecule has 0 spiro atoms. The van der Waals surface area contributed by atoms with Crippen molar-refractivity contribution in [1.82, 2.24) is 0 Å². The van der Waals surface area contributed by atoms with Gasteiger partial charge in [-0.15, -0.1) is 0 Å². The third-order valence-electron chi connectivity index (χ3n) is 3.88. The van der Waals surface area contributed by atoms with Gasteiger partial charge in [-0.1, -0.05) is 13.0 Å². The summed E-state index contributed by atoms with van der Waals surface area (Å²) in [7, 11) is 0. The standard InChI is InChI=1S/C16H16F2O2/c1-9-6-12(9)15-4-5-16(20-15)14(19)7-10-2-3-11(17)8-13(10)18/h2-5,8-9,12,14,19H,6-7H2,1H3. The molecule has 3 rings (SSSR count). The molecule has 1 aliphatic carbocycles. The van der Waals surface area contributed by atoms with Crippen molar-refractivity contribution in [3.05, 3.63) is 59.1 Å². The lowest BCUT2D eigenvalue weighted by Crippen LogP contribution is -2.02. The van der Waals surface area contributed by atoms with Gasteiger partial charge in [0, 0.05) is 18.4 Å². The average molecular weight is 278 g/mol. The minimum atomic E-state index is -0.919. The molecule has 1 N–H and O–H groups in total. The highest BCUT2D eigenvalue weighted by Crippen LogP contribution is 2.47. The van der Waals surface area contributed by atoms with Crippen LogP contribution in [0.4, 0.5) is 8.78 Å². The van der Waals surface area contributed by atoms with Gasteiger partial charge in [-0.05, 0) is 36.1 Å².